The van der Waals surface area contributed by atoms with E-state index in [9.17, 15) is 9.18 Å². The minimum Gasteiger partial charge on any atom is -0.294 e. The third kappa shape index (κ3) is 2.10. The lowest BCUT2D eigenvalue weighted by molar-refractivity contribution is -0.114. The summed E-state index contributed by atoms with van der Waals surface area (Å²) in [6.07, 6.45) is 4.19. The first-order valence-electron chi connectivity index (χ1n) is 4.87. The van der Waals surface area contributed by atoms with E-state index in [2.05, 4.69) is 0 Å². The molecule has 0 atom stereocenters. The van der Waals surface area contributed by atoms with Crippen molar-refractivity contribution >= 4 is 23.0 Å². The average molecular weight is 225 g/mol. The number of carbonyl (C=O) groups excluding carboxylic acids is 1. The highest BCUT2D eigenvalue weighted by molar-refractivity contribution is 6.31. The normalized spacial score (nSPS) is 16.4. The van der Waals surface area contributed by atoms with Crippen molar-refractivity contribution in [2.24, 2.45) is 0 Å². The molecule has 1 aliphatic carbocycles. The minimum atomic E-state index is -0.478. The molecule has 2 rings (SSSR count). The Morgan fingerprint density at radius 3 is 2.80 bits per heavy atom. The molecule has 1 aromatic carbocycles. The summed E-state index contributed by atoms with van der Waals surface area (Å²) >= 11 is 5.58. The second-order valence-corrected chi connectivity index (χ2v) is 3.97. The number of carbonyl (C=O) groups is 1. The van der Waals surface area contributed by atoms with Crippen LogP contribution in [0, 0.1) is 5.82 Å². The van der Waals surface area contributed by atoms with E-state index in [1.165, 1.54) is 12.1 Å². The molecule has 1 aromatic rings. The molecule has 0 heterocycles. The van der Waals surface area contributed by atoms with Crippen molar-refractivity contribution in [1.29, 1.82) is 0 Å². The Balaban J connectivity index is 2.41. The van der Waals surface area contributed by atoms with E-state index in [1.54, 1.807) is 6.07 Å². The molecule has 0 N–H and O–H groups in total. The second-order valence-electron chi connectivity index (χ2n) is 3.56. The van der Waals surface area contributed by atoms with Gasteiger partial charge in [0.15, 0.2) is 5.78 Å². The smallest absolute Gasteiger partial charge is 0.163 e. The van der Waals surface area contributed by atoms with Gasteiger partial charge in [-0.1, -0.05) is 23.7 Å². The fourth-order valence-electron chi connectivity index (χ4n) is 1.70. The maximum atomic E-state index is 13.2. The molecule has 15 heavy (non-hydrogen) atoms. The van der Waals surface area contributed by atoms with E-state index in [-0.39, 0.29) is 10.8 Å². The largest absolute Gasteiger partial charge is 0.294 e. The number of rotatable bonds is 1. The van der Waals surface area contributed by atoms with Crippen molar-refractivity contribution in [2.75, 3.05) is 0 Å². The van der Waals surface area contributed by atoms with Gasteiger partial charge >= 0.3 is 0 Å². The molecule has 0 saturated carbocycles. The summed E-state index contributed by atoms with van der Waals surface area (Å²) in [7, 11) is 0. The maximum Gasteiger partial charge on any atom is 0.163 e. The molecule has 0 aliphatic heterocycles. The van der Waals surface area contributed by atoms with Crippen molar-refractivity contribution in [1.82, 2.24) is 0 Å². The highest BCUT2D eigenvalue weighted by Gasteiger charge is 2.16. The molecule has 0 saturated heterocycles. The van der Waals surface area contributed by atoms with Crippen molar-refractivity contribution in [3.8, 4) is 0 Å². The fourth-order valence-corrected chi connectivity index (χ4v) is 1.82. The number of allylic oxidation sites excluding steroid dienone is 2. The van der Waals surface area contributed by atoms with Gasteiger partial charge in [-0.15, -0.1) is 0 Å². The summed E-state index contributed by atoms with van der Waals surface area (Å²) in [4.78, 5) is 11.6. The molecule has 1 aliphatic rings. The van der Waals surface area contributed by atoms with Gasteiger partial charge in [0.2, 0.25) is 0 Å². The Morgan fingerprint density at radius 2 is 2.13 bits per heavy atom. The van der Waals surface area contributed by atoms with Crippen molar-refractivity contribution in [3.05, 3.63) is 40.7 Å². The molecule has 78 valence electrons. The van der Waals surface area contributed by atoms with E-state index < -0.39 is 5.82 Å². The first kappa shape index (κ1) is 10.4. The van der Waals surface area contributed by atoms with Gasteiger partial charge in [-0.05, 0) is 30.5 Å². The molecule has 0 spiro atoms. The second kappa shape index (κ2) is 4.15. The van der Waals surface area contributed by atoms with Gasteiger partial charge in [0.05, 0.1) is 5.02 Å². The monoisotopic (exact) mass is 224 g/mol. The summed E-state index contributed by atoms with van der Waals surface area (Å²) in [5, 5.41) is 0.0857. The number of Topliss-reactive ketones (excluding diaryl/α,β-unsaturated/α-hetero) is 1. The van der Waals surface area contributed by atoms with E-state index in [0.717, 1.165) is 12.8 Å². The lowest BCUT2D eigenvalue weighted by atomic mass is 9.92. The lowest BCUT2D eigenvalue weighted by Gasteiger charge is -2.11. The van der Waals surface area contributed by atoms with Crippen LogP contribution in [-0.2, 0) is 4.79 Å². The predicted octanol–water partition coefficient (Wildman–Crippen LogP) is 3.62. The molecular formula is C12H10ClFO. The highest BCUT2D eigenvalue weighted by Crippen LogP contribution is 2.26. The van der Waals surface area contributed by atoms with E-state index in [0.29, 0.717) is 17.6 Å². The Morgan fingerprint density at radius 1 is 1.33 bits per heavy atom. The highest BCUT2D eigenvalue weighted by atomic mass is 35.5. The molecule has 0 bridgehead atoms. The molecule has 0 amide bonds. The van der Waals surface area contributed by atoms with E-state index in [1.807, 2.05) is 6.08 Å². The third-order valence-corrected chi connectivity index (χ3v) is 2.79. The zero-order chi connectivity index (χ0) is 10.8. The van der Waals surface area contributed by atoms with Crippen LogP contribution in [-0.4, -0.2) is 5.78 Å². The number of ketones is 1. The van der Waals surface area contributed by atoms with Gasteiger partial charge in [-0.2, -0.15) is 0 Å². The number of hydrogen-bond acceptors (Lipinski definition) is 1. The molecule has 3 heteroatoms. The molecule has 0 unspecified atom stereocenters. The molecular weight excluding hydrogens is 215 g/mol. The van der Waals surface area contributed by atoms with Crippen LogP contribution in [0.15, 0.2) is 24.3 Å². The molecule has 0 fully saturated rings. The van der Waals surface area contributed by atoms with Crippen LogP contribution in [0.1, 0.15) is 24.8 Å². The van der Waals surface area contributed by atoms with Crippen molar-refractivity contribution in [2.45, 2.75) is 19.3 Å². The van der Waals surface area contributed by atoms with Crippen LogP contribution in [0.5, 0.6) is 0 Å². The standard InChI is InChI=1S/C12H10ClFO/c13-10-6-5-8(7-11(10)14)9-3-1-2-4-12(9)15/h3,5-7H,1-2,4H2. The average Bonchev–Trinajstić information content (AvgIpc) is 2.23. The zero-order valence-electron chi connectivity index (χ0n) is 8.09. The van der Waals surface area contributed by atoms with Gasteiger partial charge in [-0.3, -0.25) is 4.79 Å². The Labute approximate surface area is 92.6 Å². The van der Waals surface area contributed by atoms with Crippen molar-refractivity contribution < 1.29 is 9.18 Å². The topological polar surface area (TPSA) is 17.1 Å². The fraction of sp³-hybridized carbons (Fsp3) is 0.250. The summed E-state index contributed by atoms with van der Waals surface area (Å²) in [6, 6.07) is 4.48. The van der Waals surface area contributed by atoms with Crippen molar-refractivity contribution in [3.63, 3.8) is 0 Å². The first-order valence-corrected chi connectivity index (χ1v) is 5.25. The van der Waals surface area contributed by atoms with Gasteiger partial charge in [0.1, 0.15) is 5.82 Å². The predicted molar refractivity (Wildman–Crippen MR) is 58.2 cm³/mol. The van der Waals surface area contributed by atoms with Gasteiger partial charge in [0.25, 0.3) is 0 Å². The van der Waals surface area contributed by atoms with Gasteiger partial charge in [0, 0.05) is 12.0 Å². The number of hydrogen-bond donors (Lipinski definition) is 0. The maximum absolute atomic E-state index is 13.2. The van der Waals surface area contributed by atoms with Crippen LogP contribution < -0.4 is 0 Å². The van der Waals surface area contributed by atoms with Gasteiger partial charge in [-0.25, -0.2) is 4.39 Å². The summed E-state index contributed by atoms with van der Waals surface area (Å²) in [5.74, 6) is -0.392. The Kier molecular flexibility index (Phi) is 2.87. The van der Waals surface area contributed by atoms with Crippen LogP contribution in [0.2, 0.25) is 5.02 Å². The van der Waals surface area contributed by atoms with Crippen LogP contribution >= 0.6 is 11.6 Å². The zero-order valence-corrected chi connectivity index (χ0v) is 8.85. The Hall–Kier alpha value is -1.15. The van der Waals surface area contributed by atoms with E-state index in [4.69, 9.17) is 11.6 Å². The first-order chi connectivity index (χ1) is 7.18. The lowest BCUT2D eigenvalue weighted by Crippen LogP contribution is -2.06. The third-order valence-electron chi connectivity index (χ3n) is 2.49. The van der Waals surface area contributed by atoms with Gasteiger partial charge < -0.3 is 0 Å². The molecule has 0 radical (unpaired) electrons. The number of benzene rings is 1. The van der Waals surface area contributed by atoms with Crippen LogP contribution in [0.4, 0.5) is 4.39 Å². The summed E-state index contributed by atoms with van der Waals surface area (Å²) < 4.78 is 13.2. The SMILES string of the molecule is O=C1CCCC=C1c1ccc(Cl)c(F)c1. The van der Waals surface area contributed by atoms with Crippen LogP contribution in [0.25, 0.3) is 5.57 Å². The van der Waals surface area contributed by atoms with E-state index >= 15 is 0 Å². The Bertz CT molecular complexity index is 437. The van der Waals surface area contributed by atoms with Crippen LogP contribution in [0.3, 0.4) is 0 Å². The summed E-state index contributed by atoms with van der Waals surface area (Å²) in [6.45, 7) is 0. The quantitative estimate of drug-likeness (QED) is 0.712. The summed E-state index contributed by atoms with van der Waals surface area (Å²) in [5.41, 5.74) is 1.25. The minimum absolute atomic E-state index is 0.0857. The molecule has 1 nitrogen and oxygen atoms in total. The molecule has 0 aromatic heterocycles. The number of halogens is 2.